The highest BCUT2D eigenvalue weighted by atomic mass is 16.7. The van der Waals surface area contributed by atoms with Gasteiger partial charge in [0.25, 0.3) is 0 Å². The first-order chi connectivity index (χ1) is 15.1. The number of rotatable bonds is 10. The number of phenols is 1. The average molecular weight is 454 g/mol. The number of hydrogen-bond donors (Lipinski definition) is 5. The number of carbonyl (C=O) groups is 2. The molecule has 178 valence electrons. The molecule has 0 aliphatic carbocycles. The van der Waals surface area contributed by atoms with E-state index in [0.717, 1.165) is 12.5 Å². The largest absolute Gasteiger partial charge is 0.508 e. The molecular weight excluding hydrogens is 424 g/mol. The summed E-state index contributed by atoms with van der Waals surface area (Å²) >= 11 is 0. The predicted molar refractivity (Wildman–Crippen MR) is 111 cm³/mol. The van der Waals surface area contributed by atoms with E-state index < -0.39 is 55.4 Å². The lowest BCUT2D eigenvalue weighted by Crippen LogP contribution is -2.60. The van der Waals surface area contributed by atoms with Crippen LogP contribution >= 0.6 is 0 Å². The molecule has 0 bridgehead atoms. The highest BCUT2D eigenvalue weighted by Crippen LogP contribution is 2.25. The lowest BCUT2D eigenvalue weighted by atomic mass is 9.98. The zero-order valence-corrected chi connectivity index (χ0v) is 17.9. The molecule has 10 nitrogen and oxygen atoms in total. The van der Waals surface area contributed by atoms with Crippen LogP contribution in [0.5, 0.6) is 5.75 Å². The van der Waals surface area contributed by atoms with Crippen LogP contribution in [0.4, 0.5) is 0 Å². The highest BCUT2D eigenvalue weighted by molar-refractivity contribution is 5.87. The number of aliphatic carboxylic acids is 1. The van der Waals surface area contributed by atoms with Crippen LogP contribution in [0.15, 0.2) is 30.3 Å². The van der Waals surface area contributed by atoms with Crippen molar-refractivity contribution in [3.8, 4) is 5.75 Å². The molecule has 32 heavy (non-hydrogen) atoms. The van der Waals surface area contributed by atoms with Crippen molar-refractivity contribution in [1.29, 1.82) is 0 Å². The minimum Gasteiger partial charge on any atom is -0.508 e. The third kappa shape index (κ3) is 7.28. The summed E-state index contributed by atoms with van der Waals surface area (Å²) in [6, 6.07) is 6.08. The van der Waals surface area contributed by atoms with Crippen LogP contribution in [0.1, 0.15) is 32.3 Å². The maximum atomic E-state index is 12.0. The molecule has 7 atom stereocenters. The van der Waals surface area contributed by atoms with Crippen molar-refractivity contribution in [2.45, 2.75) is 63.5 Å². The Morgan fingerprint density at radius 2 is 1.78 bits per heavy atom. The number of hydrogen-bond acceptors (Lipinski definition) is 9. The van der Waals surface area contributed by atoms with E-state index in [4.69, 9.17) is 14.2 Å². The van der Waals surface area contributed by atoms with Crippen LogP contribution in [0.25, 0.3) is 6.08 Å². The summed E-state index contributed by atoms with van der Waals surface area (Å²) in [5.41, 5.74) is 0.640. The smallest absolute Gasteiger partial charge is 0.332 e. The van der Waals surface area contributed by atoms with Crippen LogP contribution in [0.2, 0.25) is 0 Å². The SMILES string of the molecule is CC[C@H](C)C[C@@H](O[C@@H]1O[C@H](COC(=O)C=Cc2ccc(O)cc2)[C@@H](O)[C@H](O)[C@H]1O)C(=O)O. The van der Waals surface area contributed by atoms with Gasteiger partial charge in [-0.05, 0) is 36.1 Å². The number of benzene rings is 1. The average Bonchev–Trinajstić information content (AvgIpc) is 2.77. The van der Waals surface area contributed by atoms with Crippen molar-refractivity contribution in [3.63, 3.8) is 0 Å². The molecule has 0 unspecified atom stereocenters. The molecule has 1 aliphatic heterocycles. The van der Waals surface area contributed by atoms with E-state index in [9.17, 15) is 35.1 Å². The van der Waals surface area contributed by atoms with Gasteiger partial charge in [-0.15, -0.1) is 0 Å². The number of carboxylic acid groups (broad SMARTS) is 1. The molecule has 1 aliphatic rings. The second kappa shape index (κ2) is 11.9. The Balaban J connectivity index is 1.97. The molecule has 1 aromatic carbocycles. The number of aliphatic hydroxyl groups is 3. The van der Waals surface area contributed by atoms with Crippen molar-refractivity contribution in [2.75, 3.05) is 6.61 Å². The Morgan fingerprint density at radius 1 is 1.12 bits per heavy atom. The number of aromatic hydroxyl groups is 1. The van der Waals surface area contributed by atoms with Crippen LogP contribution in [-0.2, 0) is 23.8 Å². The van der Waals surface area contributed by atoms with Gasteiger partial charge in [-0.25, -0.2) is 9.59 Å². The molecule has 1 saturated heterocycles. The lowest BCUT2D eigenvalue weighted by molar-refractivity contribution is -0.311. The number of esters is 1. The molecule has 1 aromatic rings. The molecule has 0 amide bonds. The zero-order chi connectivity index (χ0) is 23.8. The molecule has 0 spiro atoms. The summed E-state index contributed by atoms with van der Waals surface area (Å²) in [4.78, 5) is 23.5. The van der Waals surface area contributed by atoms with Gasteiger partial charge in [0.15, 0.2) is 12.4 Å². The van der Waals surface area contributed by atoms with Gasteiger partial charge in [-0.1, -0.05) is 32.4 Å². The van der Waals surface area contributed by atoms with Gasteiger partial charge < -0.3 is 39.7 Å². The lowest BCUT2D eigenvalue weighted by Gasteiger charge is -2.40. The Labute approximate surface area is 185 Å². The van der Waals surface area contributed by atoms with Crippen LogP contribution < -0.4 is 0 Å². The zero-order valence-electron chi connectivity index (χ0n) is 17.9. The molecule has 5 N–H and O–H groups in total. The third-order valence-corrected chi connectivity index (χ3v) is 5.25. The maximum Gasteiger partial charge on any atom is 0.332 e. The second-order valence-corrected chi connectivity index (χ2v) is 7.78. The summed E-state index contributed by atoms with van der Waals surface area (Å²) in [6.45, 7) is 3.28. The van der Waals surface area contributed by atoms with Gasteiger partial charge in [0.1, 0.15) is 36.8 Å². The van der Waals surface area contributed by atoms with E-state index in [0.29, 0.717) is 5.56 Å². The predicted octanol–water partition coefficient (Wildman–Crippen LogP) is 0.662. The fourth-order valence-corrected chi connectivity index (χ4v) is 3.04. The van der Waals surface area contributed by atoms with Crippen LogP contribution in [0, 0.1) is 5.92 Å². The molecule has 10 heteroatoms. The first kappa shape index (κ1) is 25.8. The summed E-state index contributed by atoms with van der Waals surface area (Å²) in [5, 5.41) is 49.1. The molecule has 0 saturated carbocycles. The van der Waals surface area contributed by atoms with Gasteiger partial charge in [-0.2, -0.15) is 0 Å². The normalized spacial score (nSPS) is 27.7. The van der Waals surface area contributed by atoms with Crippen molar-refractivity contribution >= 4 is 18.0 Å². The Morgan fingerprint density at radius 3 is 2.38 bits per heavy atom. The first-order valence-corrected chi connectivity index (χ1v) is 10.3. The molecule has 1 heterocycles. The summed E-state index contributed by atoms with van der Waals surface area (Å²) in [5.74, 6) is -1.89. The number of phenolic OH excluding ortho intramolecular Hbond substituents is 1. The first-order valence-electron chi connectivity index (χ1n) is 10.3. The van der Waals surface area contributed by atoms with E-state index in [2.05, 4.69) is 0 Å². The topological polar surface area (TPSA) is 163 Å². The summed E-state index contributed by atoms with van der Waals surface area (Å²) in [6.07, 6.45) is -5.56. The fraction of sp³-hybridized carbons (Fsp3) is 0.545. The Bertz CT molecular complexity index is 777. The molecule has 2 rings (SSSR count). The van der Waals surface area contributed by atoms with E-state index in [1.807, 2.05) is 13.8 Å². The number of ether oxygens (including phenoxy) is 3. The number of carbonyl (C=O) groups excluding carboxylic acids is 1. The van der Waals surface area contributed by atoms with Gasteiger partial charge in [0, 0.05) is 6.08 Å². The quantitative estimate of drug-likeness (QED) is 0.251. The maximum absolute atomic E-state index is 12.0. The Kier molecular flexibility index (Phi) is 9.60. The van der Waals surface area contributed by atoms with Gasteiger partial charge >= 0.3 is 11.9 Å². The van der Waals surface area contributed by atoms with Gasteiger partial charge in [-0.3, -0.25) is 0 Å². The van der Waals surface area contributed by atoms with Gasteiger partial charge in [0.05, 0.1) is 0 Å². The fourth-order valence-electron chi connectivity index (χ4n) is 3.04. The summed E-state index contributed by atoms with van der Waals surface area (Å²) < 4.78 is 15.9. The molecule has 1 fully saturated rings. The minimum absolute atomic E-state index is 0.0319. The van der Waals surface area contributed by atoms with Crippen LogP contribution in [-0.4, -0.2) is 80.9 Å². The monoisotopic (exact) mass is 454 g/mol. The molecule has 0 radical (unpaired) electrons. The highest BCUT2D eigenvalue weighted by Gasteiger charge is 2.46. The Hall–Kier alpha value is -2.50. The summed E-state index contributed by atoms with van der Waals surface area (Å²) in [7, 11) is 0. The molecule has 0 aromatic heterocycles. The van der Waals surface area contributed by atoms with Crippen molar-refractivity contribution in [2.24, 2.45) is 5.92 Å². The number of carboxylic acids is 1. The van der Waals surface area contributed by atoms with Crippen molar-refractivity contribution in [3.05, 3.63) is 35.9 Å². The standard InChI is InChI=1S/C22H30O10/c1-3-12(2)10-15(21(28)29)31-22-20(27)19(26)18(25)16(32-22)11-30-17(24)9-6-13-4-7-14(23)8-5-13/h4-9,12,15-16,18-20,22-23,25-27H,3,10-11H2,1-2H3,(H,28,29)/t12-,15+,16+,18+,19-,20+,22+/m0/s1. The second-order valence-electron chi connectivity index (χ2n) is 7.78. The van der Waals surface area contributed by atoms with Crippen molar-refractivity contribution < 1.29 is 49.3 Å². The van der Waals surface area contributed by atoms with Crippen LogP contribution in [0.3, 0.4) is 0 Å². The third-order valence-electron chi connectivity index (χ3n) is 5.25. The molecular formula is C22H30O10. The van der Waals surface area contributed by atoms with E-state index in [1.165, 1.54) is 18.2 Å². The number of aliphatic hydroxyl groups excluding tert-OH is 3. The van der Waals surface area contributed by atoms with E-state index in [-0.39, 0.29) is 18.1 Å². The van der Waals surface area contributed by atoms with Crippen molar-refractivity contribution in [1.82, 2.24) is 0 Å². The van der Waals surface area contributed by atoms with E-state index in [1.54, 1.807) is 12.1 Å². The minimum atomic E-state index is -1.69. The van der Waals surface area contributed by atoms with E-state index >= 15 is 0 Å². The van der Waals surface area contributed by atoms with Gasteiger partial charge in [0.2, 0.25) is 0 Å².